The van der Waals surface area contributed by atoms with Gasteiger partial charge in [-0.15, -0.1) is 11.8 Å². The molecule has 2 atom stereocenters. The minimum atomic E-state index is -4.37. The second-order valence-electron chi connectivity index (χ2n) is 4.95. The Hall–Kier alpha value is -1.41. The molecule has 0 spiro atoms. The predicted molar refractivity (Wildman–Crippen MR) is 78.8 cm³/mol. The average Bonchev–Trinajstić information content (AvgIpc) is 2.66. The third kappa shape index (κ3) is 4.81. The van der Waals surface area contributed by atoms with E-state index >= 15 is 0 Å². The van der Waals surface area contributed by atoms with Crippen molar-refractivity contribution in [1.82, 2.24) is 5.32 Å². The first kappa shape index (κ1) is 17.0. The smallest absolute Gasteiger partial charge is 0.422 e. The molecule has 1 amide bonds. The van der Waals surface area contributed by atoms with Crippen LogP contribution in [0.25, 0.3) is 0 Å². The summed E-state index contributed by atoms with van der Waals surface area (Å²) >= 11 is 1.50. The Bertz CT molecular complexity index is 508. The highest BCUT2D eigenvalue weighted by Crippen LogP contribution is 2.33. The largest absolute Gasteiger partial charge is 0.484 e. The number of alkyl halides is 3. The fourth-order valence-electron chi connectivity index (χ4n) is 2.08. The molecule has 1 aromatic rings. The third-order valence-electron chi connectivity index (χ3n) is 3.21. The molecule has 122 valence electrons. The van der Waals surface area contributed by atoms with Gasteiger partial charge in [0.15, 0.2) is 6.61 Å². The van der Waals surface area contributed by atoms with E-state index in [2.05, 4.69) is 10.1 Å². The summed E-state index contributed by atoms with van der Waals surface area (Å²) in [6.07, 6.45) is -3.57. The van der Waals surface area contributed by atoms with Crippen LogP contribution >= 0.6 is 11.8 Å². The molecular weight excluding hydrogens is 317 g/mol. The van der Waals surface area contributed by atoms with E-state index in [1.54, 1.807) is 12.1 Å². The Balaban J connectivity index is 2.01. The van der Waals surface area contributed by atoms with Gasteiger partial charge in [0.2, 0.25) is 5.91 Å². The van der Waals surface area contributed by atoms with Gasteiger partial charge in [-0.25, -0.2) is 0 Å². The van der Waals surface area contributed by atoms with Gasteiger partial charge in [-0.05, 0) is 29.9 Å². The fourth-order valence-corrected chi connectivity index (χ4v) is 3.31. The van der Waals surface area contributed by atoms with Crippen molar-refractivity contribution in [2.24, 2.45) is 5.73 Å². The molecule has 1 heterocycles. The highest BCUT2D eigenvalue weighted by atomic mass is 32.2. The number of amides is 1. The minimum absolute atomic E-state index is 0.0283. The van der Waals surface area contributed by atoms with Crippen LogP contribution in [-0.2, 0) is 4.79 Å². The maximum Gasteiger partial charge on any atom is 0.422 e. The van der Waals surface area contributed by atoms with Crippen LogP contribution in [0.5, 0.6) is 5.75 Å². The van der Waals surface area contributed by atoms with Crippen molar-refractivity contribution >= 4 is 17.7 Å². The van der Waals surface area contributed by atoms with Crippen LogP contribution in [0, 0.1) is 0 Å². The molecule has 1 saturated heterocycles. The second-order valence-corrected chi connectivity index (χ2v) is 6.17. The normalized spacial score (nSPS) is 22.8. The molecule has 3 N–H and O–H groups in total. The number of rotatable bonds is 4. The van der Waals surface area contributed by atoms with Gasteiger partial charge < -0.3 is 15.8 Å². The number of nitrogens with two attached hydrogens (primary N) is 1. The van der Waals surface area contributed by atoms with Crippen LogP contribution in [0.4, 0.5) is 13.2 Å². The van der Waals surface area contributed by atoms with Gasteiger partial charge in [0.1, 0.15) is 11.0 Å². The zero-order valence-electron chi connectivity index (χ0n) is 11.7. The molecule has 22 heavy (non-hydrogen) atoms. The summed E-state index contributed by atoms with van der Waals surface area (Å²) in [5.74, 6) is 0.791. The maximum absolute atomic E-state index is 12.2. The summed E-state index contributed by atoms with van der Waals surface area (Å²) in [5, 5.41) is 2.49. The van der Waals surface area contributed by atoms with E-state index in [4.69, 9.17) is 5.73 Å². The quantitative estimate of drug-likeness (QED) is 0.886. The molecule has 1 aromatic carbocycles. The SMILES string of the molecule is NC[C@@H]1CCS[C@H](c2ccc(OCC(F)(F)F)cc2)C(=O)N1. The van der Waals surface area contributed by atoms with E-state index < -0.39 is 12.8 Å². The molecule has 1 aliphatic heterocycles. The molecule has 1 aliphatic rings. The van der Waals surface area contributed by atoms with Gasteiger partial charge in [0.25, 0.3) is 0 Å². The van der Waals surface area contributed by atoms with E-state index in [0.717, 1.165) is 17.7 Å². The molecule has 0 aliphatic carbocycles. The Morgan fingerprint density at radius 1 is 1.32 bits per heavy atom. The fraction of sp³-hybridized carbons (Fsp3) is 0.500. The number of halogens is 3. The van der Waals surface area contributed by atoms with Crippen LogP contribution in [0.3, 0.4) is 0 Å². The second kappa shape index (κ2) is 7.23. The minimum Gasteiger partial charge on any atom is -0.484 e. The highest BCUT2D eigenvalue weighted by molar-refractivity contribution is 8.00. The molecular formula is C14H17F3N2O2S. The molecule has 8 heteroatoms. The lowest BCUT2D eigenvalue weighted by atomic mass is 10.1. The highest BCUT2D eigenvalue weighted by Gasteiger charge is 2.29. The van der Waals surface area contributed by atoms with Gasteiger partial charge in [-0.1, -0.05) is 12.1 Å². The summed E-state index contributed by atoms with van der Waals surface area (Å²) in [5.41, 5.74) is 6.31. The van der Waals surface area contributed by atoms with E-state index in [1.807, 2.05) is 0 Å². The molecule has 0 radical (unpaired) electrons. The van der Waals surface area contributed by atoms with Crippen molar-refractivity contribution < 1.29 is 22.7 Å². The number of ether oxygens (including phenoxy) is 1. The molecule has 4 nitrogen and oxygen atoms in total. The number of nitrogens with one attached hydrogen (secondary N) is 1. The first-order valence-electron chi connectivity index (χ1n) is 6.80. The lowest BCUT2D eigenvalue weighted by molar-refractivity contribution is -0.153. The summed E-state index contributed by atoms with van der Waals surface area (Å²) < 4.78 is 40.9. The topological polar surface area (TPSA) is 64.3 Å². The lowest BCUT2D eigenvalue weighted by Gasteiger charge is -2.16. The summed E-state index contributed by atoms with van der Waals surface area (Å²) in [4.78, 5) is 12.2. The first-order chi connectivity index (χ1) is 10.4. The van der Waals surface area contributed by atoms with E-state index in [-0.39, 0.29) is 22.9 Å². The van der Waals surface area contributed by atoms with E-state index in [9.17, 15) is 18.0 Å². The molecule has 0 saturated carbocycles. The zero-order chi connectivity index (χ0) is 16.2. The van der Waals surface area contributed by atoms with Crippen LogP contribution in [-0.4, -0.2) is 37.0 Å². The Morgan fingerprint density at radius 2 is 2.00 bits per heavy atom. The lowest BCUT2D eigenvalue weighted by Crippen LogP contribution is -2.40. The van der Waals surface area contributed by atoms with Crippen molar-refractivity contribution in [3.63, 3.8) is 0 Å². The van der Waals surface area contributed by atoms with Crippen molar-refractivity contribution in [3.8, 4) is 5.75 Å². The van der Waals surface area contributed by atoms with Crippen LogP contribution in [0.1, 0.15) is 17.2 Å². The molecule has 1 fully saturated rings. The van der Waals surface area contributed by atoms with Gasteiger partial charge in [0, 0.05) is 12.6 Å². The zero-order valence-corrected chi connectivity index (χ0v) is 12.5. The summed E-state index contributed by atoms with van der Waals surface area (Å²) in [6, 6.07) is 6.09. The van der Waals surface area contributed by atoms with E-state index in [1.165, 1.54) is 23.9 Å². The van der Waals surface area contributed by atoms with Gasteiger partial charge >= 0.3 is 6.18 Å². The average molecular weight is 334 g/mol. The Labute approximate surface area is 130 Å². The van der Waals surface area contributed by atoms with Crippen LogP contribution in [0.15, 0.2) is 24.3 Å². The predicted octanol–water partition coefficient (Wildman–Crippen LogP) is 2.25. The number of thioether (sulfide) groups is 1. The molecule has 0 aromatic heterocycles. The molecule has 0 bridgehead atoms. The van der Waals surface area contributed by atoms with Gasteiger partial charge in [-0.2, -0.15) is 13.2 Å². The van der Waals surface area contributed by atoms with Crippen molar-refractivity contribution in [2.45, 2.75) is 23.9 Å². The molecule has 2 rings (SSSR count). The standard InChI is InChI=1S/C14H17F3N2O2S/c15-14(16,17)8-21-11-3-1-9(2-4-11)12-13(20)19-10(7-18)5-6-22-12/h1-4,10,12H,5-8,18H2,(H,19,20)/t10-,12+/m0/s1. The van der Waals surface area contributed by atoms with Gasteiger partial charge in [-0.3, -0.25) is 4.79 Å². The number of benzene rings is 1. The van der Waals surface area contributed by atoms with Crippen molar-refractivity contribution in [3.05, 3.63) is 29.8 Å². The van der Waals surface area contributed by atoms with E-state index in [0.29, 0.717) is 6.54 Å². The third-order valence-corrected chi connectivity index (χ3v) is 4.50. The number of carbonyl (C=O) groups is 1. The number of hydrogen-bond donors (Lipinski definition) is 2. The monoisotopic (exact) mass is 334 g/mol. The Kier molecular flexibility index (Phi) is 5.57. The summed E-state index contributed by atoms with van der Waals surface area (Å²) in [7, 11) is 0. The van der Waals surface area contributed by atoms with Gasteiger partial charge in [0.05, 0.1) is 0 Å². The maximum atomic E-state index is 12.2. The number of carbonyl (C=O) groups excluding carboxylic acids is 1. The number of hydrogen-bond acceptors (Lipinski definition) is 4. The van der Waals surface area contributed by atoms with Crippen molar-refractivity contribution in [2.75, 3.05) is 18.9 Å². The first-order valence-corrected chi connectivity index (χ1v) is 7.85. The summed E-state index contributed by atoms with van der Waals surface area (Å²) in [6.45, 7) is -0.938. The van der Waals surface area contributed by atoms with Crippen LogP contribution < -0.4 is 15.8 Å². The molecule has 0 unspecified atom stereocenters. The van der Waals surface area contributed by atoms with Crippen molar-refractivity contribution in [1.29, 1.82) is 0 Å². The van der Waals surface area contributed by atoms with Crippen LogP contribution in [0.2, 0.25) is 0 Å². The Morgan fingerprint density at radius 3 is 2.59 bits per heavy atom.